The molecule has 98 valence electrons. The van der Waals surface area contributed by atoms with Crippen molar-refractivity contribution >= 4 is 35.1 Å². The molecule has 0 aliphatic rings. The Balaban J connectivity index is 2.55. The number of para-hydroxylation sites is 1. The van der Waals surface area contributed by atoms with Gasteiger partial charge in [-0.15, -0.1) is 0 Å². The molecule has 18 heavy (non-hydrogen) atoms. The number of carbonyl (C=O) groups is 2. The van der Waals surface area contributed by atoms with Gasteiger partial charge in [0.15, 0.2) is 12.4 Å². The lowest BCUT2D eigenvalue weighted by atomic mass is 10.3. The van der Waals surface area contributed by atoms with Crippen molar-refractivity contribution in [3.05, 3.63) is 28.2 Å². The minimum absolute atomic E-state index is 0.193. The summed E-state index contributed by atoms with van der Waals surface area (Å²) in [5.41, 5.74) is 0. The van der Waals surface area contributed by atoms with Crippen LogP contribution >= 0.6 is 23.2 Å². The van der Waals surface area contributed by atoms with E-state index < -0.39 is 17.9 Å². The van der Waals surface area contributed by atoms with E-state index in [1.54, 1.807) is 18.2 Å². The Labute approximate surface area is 114 Å². The van der Waals surface area contributed by atoms with Gasteiger partial charge >= 0.3 is 5.97 Å². The minimum Gasteiger partial charge on any atom is -0.481 e. The first kappa shape index (κ1) is 14.6. The van der Waals surface area contributed by atoms with Crippen molar-refractivity contribution in [2.45, 2.75) is 13.0 Å². The summed E-state index contributed by atoms with van der Waals surface area (Å²) in [4.78, 5) is 21.9. The molecule has 0 spiro atoms. The van der Waals surface area contributed by atoms with Crippen molar-refractivity contribution in [2.75, 3.05) is 6.61 Å². The van der Waals surface area contributed by atoms with Crippen LogP contribution in [0.5, 0.6) is 5.75 Å². The Hall–Kier alpha value is -1.46. The maximum atomic E-state index is 11.4. The summed E-state index contributed by atoms with van der Waals surface area (Å²) >= 11 is 11.7. The first-order valence-electron chi connectivity index (χ1n) is 5.00. The molecule has 0 radical (unpaired) electrons. The summed E-state index contributed by atoms with van der Waals surface area (Å²) in [5.74, 6) is -1.50. The van der Waals surface area contributed by atoms with E-state index >= 15 is 0 Å². The molecule has 0 aliphatic heterocycles. The third-order valence-corrected chi connectivity index (χ3v) is 2.61. The van der Waals surface area contributed by atoms with Crippen LogP contribution < -0.4 is 10.1 Å². The highest BCUT2D eigenvalue weighted by molar-refractivity contribution is 6.37. The fourth-order valence-corrected chi connectivity index (χ4v) is 1.61. The maximum absolute atomic E-state index is 11.4. The lowest BCUT2D eigenvalue weighted by Crippen LogP contribution is -2.40. The van der Waals surface area contributed by atoms with E-state index in [0.717, 1.165) is 0 Å². The van der Waals surface area contributed by atoms with Gasteiger partial charge in [-0.2, -0.15) is 0 Å². The molecule has 5 nitrogen and oxygen atoms in total. The molecular formula is C11H11Cl2NO4. The van der Waals surface area contributed by atoms with Crippen LogP contribution in [-0.4, -0.2) is 29.6 Å². The number of benzene rings is 1. The number of amides is 1. The van der Waals surface area contributed by atoms with Gasteiger partial charge < -0.3 is 15.2 Å². The van der Waals surface area contributed by atoms with Crippen LogP contribution in [0.2, 0.25) is 10.0 Å². The summed E-state index contributed by atoms with van der Waals surface area (Å²) < 4.78 is 5.14. The van der Waals surface area contributed by atoms with Crippen molar-refractivity contribution in [1.82, 2.24) is 5.32 Å². The summed E-state index contributed by atoms with van der Waals surface area (Å²) in [5, 5.41) is 11.4. The fraction of sp³-hybridized carbons (Fsp3) is 0.273. The number of carbonyl (C=O) groups excluding carboxylic acids is 1. The van der Waals surface area contributed by atoms with Crippen LogP contribution in [0.3, 0.4) is 0 Å². The van der Waals surface area contributed by atoms with E-state index in [-0.39, 0.29) is 22.4 Å². The van der Waals surface area contributed by atoms with Crippen LogP contribution in [0.4, 0.5) is 0 Å². The van der Waals surface area contributed by atoms with Crippen molar-refractivity contribution in [3.8, 4) is 5.75 Å². The zero-order valence-corrected chi connectivity index (χ0v) is 11.0. The SMILES string of the molecule is CC(NC(=O)COc1c(Cl)cccc1Cl)C(=O)O. The number of hydrogen-bond donors (Lipinski definition) is 2. The smallest absolute Gasteiger partial charge is 0.325 e. The Morgan fingerprint density at radius 1 is 1.39 bits per heavy atom. The van der Waals surface area contributed by atoms with E-state index in [2.05, 4.69) is 5.32 Å². The van der Waals surface area contributed by atoms with Gasteiger partial charge in [0.2, 0.25) is 0 Å². The fourth-order valence-electron chi connectivity index (χ4n) is 1.10. The molecular weight excluding hydrogens is 281 g/mol. The van der Waals surface area contributed by atoms with Gasteiger partial charge in [-0.05, 0) is 19.1 Å². The topological polar surface area (TPSA) is 75.6 Å². The quantitative estimate of drug-likeness (QED) is 0.870. The van der Waals surface area contributed by atoms with Crippen molar-refractivity contribution < 1.29 is 19.4 Å². The van der Waals surface area contributed by atoms with E-state index in [4.69, 9.17) is 33.0 Å². The summed E-state index contributed by atoms with van der Waals surface area (Å²) in [6, 6.07) is 3.80. The molecule has 7 heteroatoms. The van der Waals surface area contributed by atoms with Crippen LogP contribution in [-0.2, 0) is 9.59 Å². The number of halogens is 2. The first-order valence-corrected chi connectivity index (χ1v) is 5.76. The summed E-state index contributed by atoms with van der Waals surface area (Å²) in [6.07, 6.45) is 0. The molecule has 0 heterocycles. The highest BCUT2D eigenvalue weighted by Gasteiger charge is 2.15. The molecule has 1 aromatic carbocycles. The van der Waals surface area contributed by atoms with E-state index in [1.165, 1.54) is 6.92 Å². The van der Waals surface area contributed by atoms with E-state index in [1.807, 2.05) is 0 Å². The first-order chi connectivity index (χ1) is 8.41. The highest BCUT2D eigenvalue weighted by atomic mass is 35.5. The maximum Gasteiger partial charge on any atom is 0.325 e. The molecule has 1 unspecified atom stereocenters. The highest BCUT2D eigenvalue weighted by Crippen LogP contribution is 2.32. The number of ether oxygens (including phenoxy) is 1. The molecule has 0 aromatic heterocycles. The second kappa shape index (κ2) is 6.47. The Bertz CT molecular complexity index is 444. The predicted molar refractivity (Wildman–Crippen MR) is 67.2 cm³/mol. The van der Waals surface area contributed by atoms with Gasteiger partial charge in [-0.3, -0.25) is 9.59 Å². The number of carboxylic acid groups (broad SMARTS) is 1. The molecule has 2 N–H and O–H groups in total. The van der Waals surface area contributed by atoms with Gasteiger partial charge in [0.05, 0.1) is 10.0 Å². The zero-order valence-electron chi connectivity index (χ0n) is 9.44. The monoisotopic (exact) mass is 291 g/mol. The van der Waals surface area contributed by atoms with E-state index in [9.17, 15) is 9.59 Å². The third-order valence-electron chi connectivity index (χ3n) is 2.01. The van der Waals surface area contributed by atoms with Crippen LogP contribution in [0.15, 0.2) is 18.2 Å². The van der Waals surface area contributed by atoms with Crippen LogP contribution in [0.1, 0.15) is 6.92 Å². The number of rotatable bonds is 5. The molecule has 1 aromatic rings. The second-order valence-electron chi connectivity index (χ2n) is 3.47. The molecule has 0 fully saturated rings. The number of carboxylic acids is 1. The predicted octanol–water partition coefficient (Wildman–Crippen LogP) is 1.96. The largest absolute Gasteiger partial charge is 0.481 e. The van der Waals surface area contributed by atoms with E-state index in [0.29, 0.717) is 0 Å². The van der Waals surface area contributed by atoms with Gasteiger partial charge in [0.1, 0.15) is 6.04 Å². The van der Waals surface area contributed by atoms with Crippen LogP contribution in [0.25, 0.3) is 0 Å². The zero-order chi connectivity index (χ0) is 13.7. The van der Waals surface area contributed by atoms with Gasteiger partial charge in [-0.1, -0.05) is 29.3 Å². The lowest BCUT2D eigenvalue weighted by Gasteiger charge is -2.11. The lowest BCUT2D eigenvalue weighted by molar-refractivity contribution is -0.141. The van der Waals surface area contributed by atoms with Gasteiger partial charge in [-0.25, -0.2) is 0 Å². The number of nitrogens with one attached hydrogen (secondary N) is 1. The van der Waals surface area contributed by atoms with Crippen molar-refractivity contribution in [3.63, 3.8) is 0 Å². The second-order valence-corrected chi connectivity index (χ2v) is 4.28. The third kappa shape index (κ3) is 4.09. The average Bonchev–Trinajstić information content (AvgIpc) is 2.28. The van der Waals surface area contributed by atoms with Gasteiger partial charge in [0, 0.05) is 0 Å². The number of aliphatic carboxylic acids is 1. The normalized spacial score (nSPS) is 11.7. The summed E-state index contributed by atoms with van der Waals surface area (Å²) in [6.45, 7) is 0.990. The van der Waals surface area contributed by atoms with Crippen LogP contribution in [0, 0.1) is 0 Å². The van der Waals surface area contributed by atoms with Gasteiger partial charge in [0.25, 0.3) is 5.91 Å². The summed E-state index contributed by atoms with van der Waals surface area (Å²) in [7, 11) is 0. The molecule has 0 saturated carbocycles. The molecule has 0 saturated heterocycles. The molecule has 1 atom stereocenters. The standard InChI is InChI=1S/C11H11Cl2NO4/c1-6(11(16)17)14-9(15)5-18-10-7(12)3-2-4-8(10)13/h2-4,6H,5H2,1H3,(H,14,15)(H,16,17). The average molecular weight is 292 g/mol. The molecule has 0 aliphatic carbocycles. The molecule has 0 bridgehead atoms. The Morgan fingerprint density at radius 2 is 1.94 bits per heavy atom. The Kier molecular flexibility index (Phi) is 5.25. The molecule has 1 amide bonds. The minimum atomic E-state index is -1.13. The Morgan fingerprint density at radius 3 is 2.44 bits per heavy atom. The van der Waals surface area contributed by atoms with Crippen molar-refractivity contribution in [2.24, 2.45) is 0 Å². The number of hydrogen-bond acceptors (Lipinski definition) is 3. The van der Waals surface area contributed by atoms with Crippen molar-refractivity contribution in [1.29, 1.82) is 0 Å². The molecule has 1 rings (SSSR count).